The molecule has 0 atom stereocenters. The molecule has 4 nitrogen and oxygen atoms in total. The molecule has 0 saturated carbocycles. The molecule has 0 spiro atoms. The molecule has 0 bridgehead atoms. The Labute approximate surface area is 108 Å². The molecule has 0 unspecified atom stereocenters. The lowest BCUT2D eigenvalue weighted by molar-refractivity contribution is -0.162. The number of carbonyl (C=O) groups excluding carboxylic acids is 2. The van der Waals surface area contributed by atoms with Gasteiger partial charge >= 0.3 is 0 Å². The standard InChI is InChI=1S/C13H23FN2O2/c1-5-13(6-2)10(17)15-12(3,4)11(18)16(13)9-7-8-14/h5-9H2,1-4H3,(H,15,17). The van der Waals surface area contributed by atoms with Crippen molar-refractivity contribution in [1.29, 1.82) is 0 Å². The third kappa shape index (κ3) is 2.22. The van der Waals surface area contributed by atoms with Crippen LogP contribution in [0.4, 0.5) is 4.39 Å². The van der Waals surface area contributed by atoms with E-state index in [4.69, 9.17) is 0 Å². The van der Waals surface area contributed by atoms with E-state index in [2.05, 4.69) is 5.32 Å². The van der Waals surface area contributed by atoms with Gasteiger partial charge in [0.05, 0.1) is 6.67 Å². The molecule has 2 amide bonds. The Morgan fingerprint density at radius 2 is 1.78 bits per heavy atom. The summed E-state index contributed by atoms with van der Waals surface area (Å²) >= 11 is 0. The third-order valence-corrected chi connectivity index (χ3v) is 3.83. The minimum atomic E-state index is -0.902. The van der Waals surface area contributed by atoms with Gasteiger partial charge < -0.3 is 10.2 Å². The monoisotopic (exact) mass is 258 g/mol. The summed E-state index contributed by atoms with van der Waals surface area (Å²) in [7, 11) is 0. The van der Waals surface area contributed by atoms with E-state index in [0.717, 1.165) is 0 Å². The van der Waals surface area contributed by atoms with Crippen molar-refractivity contribution >= 4 is 11.8 Å². The predicted molar refractivity (Wildman–Crippen MR) is 67.8 cm³/mol. The first-order valence-corrected chi connectivity index (χ1v) is 6.56. The number of piperazine rings is 1. The molecular formula is C13H23FN2O2. The van der Waals surface area contributed by atoms with Crippen LogP contribution in [0.3, 0.4) is 0 Å². The minimum absolute atomic E-state index is 0.126. The molecule has 0 aliphatic carbocycles. The maximum atomic E-state index is 12.4. The van der Waals surface area contributed by atoms with Crippen molar-refractivity contribution < 1.29 is 14.0 Å². The second kappa shape index (κ2) is 5.24. The van der Waals surface area contributed by atoms with Gasteiger partial charge in [0.2, 0.25) is 11.8 Å². The highest BCUT2D eigenvalue weighted by molar-refractivity contribution is 6.01. The van der Waals surface area contributed by atoms with Crippen LogP contribution in [0, 0.1) is 0 Å². The van der Waals surface area contributed by atoms with E-state index < -0.39 is 17.8 Å². The minimum Gasteiger partial charge on any atom is -0.340 e. The van der Waals surface area contributed by atoms with Crippen molar-refractivity contribution in [2.24, 2.45) is 0 Å². The van der Waals surface area contributed by atoms with Gasteiger partial charge in [0.1, 0.15) is 11.1 Å². The van der Waals surface area contributed by atoms with Crippen LogP contribution < -0.4 is 5.32 Å². The summed E-state index contributed by atoms with van der Waals surface area (Å²) in [6.07, 6.45) is 1.36. The number of nitrogens with zero attached hydrogens (tertiary/aromatic N) is 1. The summed E-state index contributed by atoms with van der Waals surface area (Å²) in [5, 5.41) is 2.78. The average Bonchev–Trinajstić information content (AvgIpc) is 2.32. The first kappa shape index (κ1) is 14.9. The molecule has 1 aliphatic rings. The van der Waals surface area contributed by atoms with Crippen LogP contribution in [0.2, 0.25) is 0 Å². The molecule has 0 radical (unpaired) electrons. The van der Waals surface area contributed by atoms with Crippen LogP contribution >= 0.6 is 0 Å². The van der Waals surface area contributed by atoms with Gasteiger partial charge in [-0.05, 0) is 33.1 Å². The van der Waals surface area contributed by atoms with E-state index in [-0.39, 0.29) is 18.2 Å². The molecule has 18 heavy (non-hydrogen) atoms. The molecule has 0 aromatic heterocycles. The van der Waals surface area contributed by atoms with Crippen LogP contribution in [-0.4, -0.2) is 41.0 Å². The quantitative estimate of drug-likeness (QED) is 0.815. The lowest BCUT2D eigenvalue weighted by Gasteiger charge is -2.50. The first-order chi connectivity index (χ1) is 8.35. The fraction of sp³-hybridized carbons (Fsp3) is 0.846. The van der Waals surface area contributed by atoms with Gasteiger partial charge in [0, 0.05) is 6.54 Å². The van der Waals surface area contributed by atoms with E-state index in [1.807, 2.05) is 13.8 Å². The number of hydrogen-bond donors (Lipinski definition) is 1. The van der Waals surface area contributed by atoms with Crippen molar-refractivity contribution in [1.82, 2.24) is 10.2 Å². The Kier molecular flexibility index (Phi) is 4.35. The third-order valence-electron chi connectivity index (χ3n) is 3.83. The van der Waals surface area contributed by atoms with Gasteiger partial charge in [-0.15, -0.1) is 0 Å². The molecular weight excluding hydrogens is 235 g/mol. The number of halogens is 1. The van der Waals surface area contributed by atoms with Gasteiger partial charge in [-0.25, -0.2) is 0 Å². The number of alkyl halides is 1. The Bertz CT molecular complexity index is 338. The molecule has 1 fully saturated rings. The summed E-state index contributed by atoms with van der Waals surface area (Å²) in [4.78, 5) is 26.3. The van der Waals surface area contributed by atoms with E-state index >= 15 is 0 Å². The Balaban J connectivity index is 3.14. The zero-order valence-corrected chi connectivity index (χ0v) is 11.7. The highest BCUT2D eigenvalue weighted by Crippen LogP contribution is 2.32. The molecule has 0 aromatic carbocycles. The lowest BCUT2D eigenvalue weighted by atomic mass is 9.82. The van der Waals surface area contributed by atoms with Gasteiger partial charge in [0.15, 0.2) is 0 Å². The van der Waals surface area contributed by atoms with Crippen LogP contribution in [-0.2, 0) is 9.59 Å². The second-order valence-corrected chi connectivity index (χ2v) is 5.32. The summed E-state index contributed by atoms with van der Waals surface area (Å²) in [6, 6.07) is 0. The number of amides is 2. The Morgan fingerprint density at radius 1 is 1.22 bits per heavy atom. The molecule has 1 heterocycles. The first-order valence-electron chi connectivity index (χ1n) is 6.56. The molecule has 0 aromatic rings. The highest BCUT2D eigenvalue weighted by atomic mass is 19.1. The van der Waals surface area contributed by atoms with Gasteiger partial charge in [0.25, 0.3) is 0 Å². The Hall–Kier alpha value is -1.13. The summed E-state index contributed by atoms with van der Waals surface area (Å²) in [5.41, 5.74) is -1.72. The predicted octanol–water partition coefficient (Wildman–Crippen LogP) is 1.64. The second-order valence-electron chi connectivity index (χ2n) is 5.32. The molecule has 1 rings (SSSR count). The number of carbonyl (C=O) groups is 2. The molecule has 5 heteroatoms. The average molecular weight is 258 g/mol. The van der Waals surface area contributed by atoms with Crippen molar-refractivity contribution in [2.75, 3.05) is 13.2 Å². The van der Waals surface area contributed by atoms with E-state index in [1.54, 1.807) is 18.7 Å². The largest absolute Gasteiger partial charge is 0.340 e. The fourth-order valence-corrected chi connectivity index (χ4v) is 2.59. The molecule has 104 valence electrons. The summed E-state index contributed by atoms with van der Waals surface area (Å²) in [5.74, 6) is -0.254. The number of nitrogens with one attached hydrogen (secondary N) is 1. The summed E-state index contributed by atoms with van der Waals surface area (Å²) < 4.78 is 12.4. The molecule has 1 saturated heterocycles. The number of rotatable bonds is 5. The van der Waals surface area contributed by atoms with Gasteiger partial charge in [-0.1, -0.05) is 13.8 Å². The van der Waals surface area contributed by atoms with Crippen LogP contribution in [0.15, 0.2) is 0 Å². The van der Waals surface area contributed by atoms with Crippen molar-refractivity contribution in [3.8, 4) is 0 Å². The Morgan fingerprint density at radius 3 is 2.22 bits per heavy atom. The number of hydrogen-bond acceptors (Lipinski definition) is 2. The molecule has 1 N–H and O–H groups in total. The highest BCUT2D eigenvalue weighted by Gasteiger charge is 2.52. The van der Waals surface area contributed by atoms with Crippen LogP contribution in [0.25, 0.3) is 0 Å². The summed E-state index contributed by atoms with van der Waals surface area (Å²) in [6.45, 7) is 6.97. The lowest BCUT2D eigenvalue weighted by Crippen LogP contribution is -2.74. The van der Waals surface area contributed by atoms with Crippen LogP contribution in [0.1, 0.15) is 47.0 Å². The van der Waals surface area contributed by atoms with Crippen molar-refractivity contribution in [3.63, 3.8) is 0 Å². The topological polar surface area (TPSA) is 49.4 Å². The zero-order chi connectivity index (χ0) is 14.0. The van der Waals surface area contributed by atoms with Crippen LogP contribution in [0.5, 0.6) is 0 Å². The normalized spacial score (nSPS) is 21.9. The zero-order valence-electron chi connectivity index (χ0n) is 11.7. The SMILES string of the molecule is CCC1(CC)C(=O)NC(C)(C)C(=O)N1CCCF. The van der Waals surface area contributed by atoms with Gasteiger partial charge in [-0.2, -0.15) is 0 Å². The van der Waals surface area contributed by atoms with E-state index in [0.29, 0.717) is 19.4 Å². The van der Waals surface area contributed by atoms with E-state index in [1.165, 1.54) is 0 Å². The fourth-order valence-electron chi connectivity index (χ4n) is 2.59. The molecule has 1 aliphatic heterocycles. The van der Waals surface area contributed by atoms with Crippen molar-refractivity contribution in [3.05, 3.63) is 0 Å². The maximum absolute atomic E-state index is 12.4. The smallest absolute Gasteiger partial charge is 0.248 e. The van der Waals surface area contributed by atoms with Gasteiger partial charge in [-0.3, -0.25) is 14.0 Å². The maximum Gasteiger partial charge on any atom is 0.248 e. The van der Waals surface area contributed by atoms with E-state index in [9.17, 15) is 14.0 Å². The van der Waals surface area contributed by atoms with Crippen molar-refractivity contribution in [2.45, 2.75) is 58.0 Å².